The molecule has 0 radical (unpaired) electrons. The van der Waals surface area contributed by atoms with E-state index in [0.717, 1.165) is 27.8 Å². The molecule has 1 aromatic heterocycles. The van der Waals surface area contributed by atoms with Crippen molar-refractivity contribution >= 4 is 28.0 Å². The van der Waals surface area contributed by atoms with Crippen LogP contribution in [0, 0.1) is 10.1 Å². The van der Waals surface area contributed by atoms with E-state index in [9.17, 15) is 10.1 Å². The lowest BCUT2D eigenvalue weighted by atomic mass is 9.98. The summed E-state index contributed by atoms with van der Waals surface area (Å²) in [5.74, 6) is 0. The number of para-hydroxylation sites is 1. The maximum Gasteiger partial charge on any atom is 0.293 e. The van der Waals surface area contributed by atoms with Gasteiger partial charge in [-0.05, 0) is 12.1 Å². The van der Waals surface area contributed by atoms with Crippen LogP contribution in [-0.4, -0.2) is 46.6 Å². The molecule has 0 bridgehead atoms. The number of nitrogens with zero attached hydrogens (tertiary/aromatic N) is 4. The third kappa shape index (κ3) is 2.42. The maximum atomic E-state index is 11.6. The van der Waals surface area contributed by atoms with Gasteiger partial charge in [0.1, 0.15) is 11.4 Å². The van der Waals surface area contributed by atoms with Gasteiger partial charge in [0.2, 0.25) is 0 Å². The summed E-state index contributed by atoms with van der Waals surface area (Å²) in [5, 5.41) is 29.2. The van der Waals surface area contributed by atoms with Crippen LogP contribution in [0.15, 0.2) is 36.4 Å². The third-order valence-corrected chi connectivity index (χ3v) is 4.71. The number of benzene rings is 2. The fourth-order valence-electron chi connectivity index (χ4n) is 3.56. The molecule has 0 spiro atoms. The average molecular weight is 353 g/mol. The summed E-state index contributed by atoms with van der Waals surface area (Å²) in [4.78, 5) is 13.1. The Labute approximate surface area is 149 Å². The Bertz CT molecular complexity index is 998. The number of aromatic nitrogens is 2. The average Bonchev–Trinajstić information content (AvgIpc) is 3.02. The Hall–Kier alpha value is -2.97. The van der Waals surface area contributed by atoms with Crippen molar-refractivity contribution in [1.29, 1.82) is 0 Å². The van der Waals surface area contributed by atoms with Gasteiger partial charge in [-0.25, -0.2) is 0 Å². The van der Waals surface area contributed by atoms with Crippen molar-refractivity contribution < 1.29 is 10.0 Å². The van der Waals surface area contributed by atoms with Crippen LogP contribution in [0.1, 0.15) is 0 Å². The predicted octanol–water partition coefficient (Wildman–Crippen LogP) is 2.27. The molecule has 8 heteroatoms. The smallest absolute Gasteiger partial charge is 0.293 e. The van der Waals surface area contributed by atoms with Crippen LogP contribution in [0.4, 0.5) is 17.1 Å². The lowest BCUT2D eigenvalue weighted by Gasteiger charge is -2.26. The topological polar surface area (TPSA) is 96.5 Å². The van der Waals surface area contributed by atoms with Gasteiger partial charge >= 0.3 is 0 Å². The van der Waals surface area contributed by atoms with Crippen molar-refractivity contribution in [3.8, 4) is 11.3 Å². The summed E-state index contributed by atoms with van der Waals surface area (Å²) in [6, 6.07) is 11.1. The summed E-state index contributed by atoms with van der Waals surface area (Å²) < 4.78 is 1.87. The largest absolute Gasteiger partial charge is 0.395 e. The zero-order valence-corrected chi connectivity index (χ0v) is 14.3. The highest BCUT2D eigenvalue weighted by Crippen LogP contribution is 2.49. The SMILES string of the molecule is CN1c2ccccc2-c2nn(CCNCCO)c3ccc([N+](=O)[O-])c1c23. The molecule has 4 rings (SSSR count). The molecule has 134 valence electrons. The lowest BCUT2D eigenvalue weighted by molar-refractivity contribution is -0.384. The van der Waals surface area contributed by atoms with Crippen LogP contribution in [-0.2, 0) is 6.54 Å². The summed E-state index contributed by atoms with van der Waals surface area (Å²) >= 11 is 0. The number of hydrogen-bond donors (Lipinski definition) is 2. The summed E-state index contributed by atoms with van der Waals surface area (Å²) in [5.41, 5.74) is 4.17. The van der Waals surface area contributed by atoms with E-state index >= 15 is 0 Å². The Morgan fingerprint density at radius 3 is 2.81 bits per heavy atom. The molecule has 0 atom stereocenters. The zero-order chi connectivity index (χ0) is 18.3. The summed E-state index contributed by atoms with van der Waals surface area (Å²) in [7, 11) is 1.85. The molecule has 2 N–H and O–H groups in total. The van der Waals surface area contributed by atoms with E-state index in [4.69, 9.17) is 10.2 Å². The Morgan fingerprint density at radius 1 is 1.23 bits per heavy atom. The Balaban J connectivity index is 1.92. The highest BCUT2D eigenvalue weighted by molar-refractivity contribution is 6.12. The minimum absolute atomic E-state index is 0.0775. The van der Waals surface area contributed by atoms with Gasteiger partial charge in [-0.2, -0.15) is 5.10 Å². The molecule has 3 aromatic rings. The molecule has 0 amide bonds. The molecule has 2 aromatic carbocycles. The Kier molecular flexibility index (Phi) is 4.06. The van der Waals surface area contributed by atoms with Gasteiger partial charge in [-0.15, -0.1) is 0 Å². The monoisotopic (exact) mass is 353 g/mol. The minimum Gasteiger partial charge on any atom is -0.395 e. The summed E-state index contributed by atoms with van der Waals surface area (Å²) in [6.07, 6.45) is 0. The number of nitro groups is 1. The van der Waals surface area contributed by atoms with Gasteiger partial charge in [-0.1, -0.05) is 18.2 Å². The van der Waals surface area contributed by atoms with Gasteiger partial charge < -0.3 is 15.3 Å². The molecule has 1 aliphatic heterocycles. The first-order valence-corrected chi connectivity index (χ1v) is 8.46. The maximum absolute atomic E-state index is 11.6. The van der Waals surface area contributed by atoms with Crippen molar-refractivity contribution in [3.05, 3.63) is 46.5 Å². The van der Waals surface area contributed by atoms with Crippen LogP contribution < -0.4 is 10.2 Å². The van der Waals surface area contributed by atoms with Gasteiger partial charge in [0.15, 0.2) is 0 Å². The number of fused-ring (bicyclic) bond motifs is 2. The first-order chi connectivity index (χ1) is 12.6. The van der Waals surface area contributed by atoms with Gasteiger partial charge in [-0.3, -0.25) is 14.8 Å². The van der Waals surface area contributed by atoms with E-state index in [1.54, 1.807) is 12.1 Å². The standard InChI is InChI=1S/C18H19N5O3/c1-21-13-5-3-2-4-12(13)17-16-14(6-7-15(18(16)21)23(25)26)22(20-17)10-8-19-9-11-24/h2-7,19,24H,8-11H2,1H3. The van der Waals surface area contributed by atoms with E-state index < -0.39 is 0 Å². The summed E-state index contributed by atoms with van der Waals surface area (Å²) in [6.45, 7) is 1.87. The normalized spacial score (nSPS) is 12.5. The number of aliphatic hydroxyl groups excluding tert-OH is 1. The number of nitro benzene ring substituents is 1. The fourth-order valence-corrected chi connectivity index (χ4v) is 3.56. The van der Waals surface area contributed by atoms with Crippen LogP contribution in [0.5, 0.6) is 0 Å². The second-order valence-corrected chi connectivity index (χ2v) is 6.21. The molecule has 1 aliphatic rings. The van der Waals surface area contributed by atoms with Crippen LogP contribution >= 0.6 is 0 Å². The molecular formula is C18H19N5O3. The molecular weight excluding hydrogens is 334 g/mol. The van der Waals surface area contributed by atoms with Crippen molar-refractivity contribution in [3.63, 3.8) is 0 Å². The van der Waals surface area contributed by atoms with Crippen molar-refractivity contribution in [2.75, 3.05) is 31.6 Å². The second-order valence-electron chi connectivity index (χ2n) is 6.21. The molecule has 0 fully saturated rings. The van der Waals surface area contributed by atoms with E-state index in [1.165, 1.54) is 0 Å². The zero-order valence-electron chi connectivity index (χ0n) is 14.3. The van der Waals surface area contributed by atoms with Gasteiger partial charge in [0.25, 0.3) is 5.69 Å². The first-order valence-electron chi connectivity index (χ1n) is 8.46. The van der Waals surface area contributed by atoms with Gasteiger partial charge in [0, 0.05) is 31.8 Å². The highest BCUT2D eigenvalue weighted by atomic mass is 16.6. The van der Waals surface area contributed by atoms with Crippen LogP contribution in [0.3, 0.4) is 0 Å². The second kappa shape index (κ2) is 6.40. The van der Waals surface area contributed by atoms with E-state index in [0.29, 0.717) is 25.3 Å². The highest BCUT2D eigenvalue weighted by Gasteiger charge is 2.32. The molecule has 8 nitrogen and oxygen atoms in total. The molecule has 0 aliphatic carbocycles. The number of anilines is 2. The quantitative estimate of drug-likeness (QED) is 0.401. The van der Waals surface area contributed by atoms with E-state index in [1.807, 2.05) is 40.9 Å². The van der Waals surface area contributed by atoms with Crippen molar-refractivity contribution in [1.82, 2.24) is 15.1 Å². The number of rotatable bonds is 6. The van der Waals surface area contributed by atoms with Crippen molar-refractivity contribution in [2.45, 2.75) is 6.54 Å². The fraction of sp³-hybridized carbons (Fsp3) is 0.278. The van der Waals surface area contributed by atoms with E-state index in [-0.39, 0.29) is 17.2 Å². The number of hydrogen-bond acceptors (Lipinski definition) is 6. The molecule has 2 heterocycles. The molecule has 0 unspecified atom stereocenters. The number of aliphatic hydroxyl groups is 1. The molecule has 0 saturated heterocycles. The molecule has 0 saturated carbocycles. The third-order valence-electron chi connectivity index (χ3n) is 4.71. The lowest BCUT2D eigenvalue weighted by Crippen LogP contribution is -2.23. The van der Waals surface area contributed by atoms with Crippen LogP contribution in [0.25, 0.3) is 22.2 Å². The van der Waals surface area contributed by atoms with Crippen LogP contribution in [0.2, 0.25) is 0 Å². The predicted molar refractivity (Wildman–Crippen MR) is 99.8 cm³/mol. The minimum atomic E-state index is -0.344. The van der Waals surface area contributed by atoms with E-state index in [2.05, 4.69) is 5.32 Å². The van der Waals surface area contributed by atoms with Crippen molar-refractivity contribution in [2.24, 2.45) is 0 Å². The van der Waals surface area contributed by atoms with Gasteiger partial charge in [0.05, 0.1) is 34.7 Å². The number of nitrogens with one attached hydrogen (secondary N) is 1. The first kappa shape index (κ1) is 16.5. The molecule has 26 heavy (non-hydrogen) atoms. The Morgan fingerprint density at radius 2 is 2.04 bits per heavy atom.